The van der Waals surface area contributed by atoms with Crippen LogP contribution in [0, 0.1) is 11.8 Å². The van der Waals surface area contributed by atoms with Crippen LogP contribution in [0.3, 0.4) is 0 Å². The first kappa shape index (κ1) is 15.3. The maximum Gasteiger partial charge on any atom is 0.122 e. The van der Waals surface area contributed by atoms with Crippen LogP contribution in [0.5, 0.6) is 5.75 Å². The zero-order chi connectivity index (χ0) is 13.5. The number of ether oxygens (including phenoxy) is 1. The number of nitrogens with one attached hydrogen (secondary N) is 1. The van der Waals surface area contributed by atoms with Crippen molar-refractivity contribution in [2.24, 2.45) is 11.8 Å². The van der Waals surface area contributed by atoms with Crippen molar-refractivity contribution in [2.45, 2.75) is 27.2 Å². The first-order valence-corrected chi connectivity index (χ1v) is 6.99. The maximum atomic E-state index is 6.05. The molecule has 2 unspecified atom stereocenters. The van der Waals surface area contributed by atoms with Crippen LogP contribution in [-0.2, 0) is 6.42 Å². The number of methoxy groups -OCH3 is 1. The van der Waals surface area contributed by atoms with E-state index in [4.69, 9.17) is 16.3 Å². The minimum Gasteiger partial charge on any atom is -0.496 e. The molecule has 0 saturated carbocycles. The van der Waals surface area contributed by atoms with Gasteiger partial charge in [0.15, 0.2) is 0 Å². The van der Waals surface area contributed by atoms with E-state index in [-0.39, 0.29) is 0 Å². The van der Waals surface area contributed by atoms with Crippen LogP contribution >= 0.6 is 11.6 Å². The van der Waals surface area contributed by atoms with Crippen molar-refractivity contribution >= 4 is 11.6 Å². The lowest BCUT2D eigenvalue weighted by Crippen LogP contribution is -2.25. The minimum absolute atomic E-state index is 0.594. The fraction of sp³-hybridized carbons (Fsp3) is 0.600. The minimum atomic E-state index is 0.594. The third-order valence-corrected chi connectivity index (χ3v) is 3.71. The maximum absolute atomic E-state index is 6.05. The van der Waals surface area contributed by atoms with Crippen molar-refractivity contribution in [2.75, 3.05) is 20.2 Å². The SMILES string of the molecule is CCNCC(C)C(C)Cc1cc(Cl)ccc1OC. The van der Waals surface area contributed by atoms with Crippen molar-refractivity contribution in [3.63, 3.8) is 0 Å². The first-order valence-electron chi connectivity index (χ1n) is 6.61. The van der Waals surface area contributed by atoms with E-state index in [9.17, 15) is 0 Å². The van der Waals surface area contributed by atoms with Crippen LogP contribution in [0.4, 0.5) is 0 Å². The molecule has 0 aromatic heterocycles. The third-order valence-electron chi connectivity index (χ3n) is 3.47. The Morgan fingerprint density at radius 2 is 2.00 bits per heavy atom. The van der Waals surface area contributed by atoms with E-state index in [0.29, 0.717) is 11.8 Å². The van der Waals surface area contributed by atoms with E-state index in [1.54, 1.807) is 7.11 Å². The lowest BCUT2D eigenvalue weighted by molar-refractivity contribution is 0.357. The van der Waals surface area contributed by atoms with Crippen LogP contribution in [-0.4, -0.2) is 20.2 Å². The van der Waals surface area contributed by atoms with Crippen molar-refractivity contribution in [3.8, 4) is 5.75 Å². The second kappa shape index (κ2) is 7.65. The van der Waals surface area contributed by atoms with Gasteiger partial charge in [-0.25, -0.2) is 0 Å². The summed E-state index contributed by atoms with van der Waals surface area (Å²) in [5.41, 5.74) is 1.20. The molecule has 0 aliphatic carbocycles. The molecule has 0 spiro atoms. The summed E-state index contributed by atoms with van der Waals surface area (Å²) < 4.78 is 5.39. The molecular formula is C15H24ClNO. The van der Waals surface area contributed by atoms with Crippen molar-refractivity contribution in [1.29, 1.82) is 0 Å². The van der Waals surface area contributed by atoms with Crippen LogP contribution in [0.15, 0.2) is 18.2 Å². The van der Waals surface area contributed by atoms with Gasteiger partial charge in [-0.2, -0.15) is 0 Å². The highest BCUT2D eigenvalue weighted by Gasteiger charge is 2.15. The van der Waals surface area contributed by atoms with E-state index in [1.807, 2.05) is 18.2 Å². The van der Waals surface area contributed by atoms with Gasteiger partial charge >= 0.3 is 0 Å². The van der Waals surface area contributed by atoms with Crippen LogP contribution in [0.2, 0.25) is 5.02 Å². The summed E-state index contributed by atoms with van der Waals surface area (Å²) >= 11 is 6.05. The van der Waals surface area contributed by atoms with Gasteiger partial charge in [0.2, 0.25) is 0 Å². The highest BCUT2D eigenvalue weighted by molar-refractivity contribution is 6.30. The molecule has 0 amide bonds. The molecule has 0 radical (unpaired) electrons. The van der Waals surface area contributed by atoms with Gasteiger partial charge in [0.05, 0.1) is 7.11 Å². The van der Waals surface area contributed by atoms with E-state index >= 15 is 0 Å². The normalized spacial score (nSPS) is 14.3. The Labute approximate surface area is 116 Å². The molecule has 0 saturated heterocycles. The zero-order valence-corrected chi connectivity index (χ0v) is 12.6. The molecule has 0 bridgehead atoms. The zero-order valence-electron chi connectivity index (χ0n) is 11.8. The molecule has 2 atom stereocenters. The molecular weight excluding hydrogens is 246 g/mol. The van der Waals surface area contributed by atoms with Gasteiger partial charge in [-0.05, 0) is 55.1 Å². The smallest absolute Gasteiger partial charge is 0.122 e. The average Bonchev–Trinajstić information content (AvgIpc) is 2.36. The van der Waals surface area contributed by atoms with Gasteiger partial charge < -0.3 is 10.1 Å². The molecule has 18 heavy (non-hydrogen) atoms. The average molecular weight is 270 g/mol. The Morgan fingerprint density at radius 1 is 1.28 bits per heavy atom. The Balaban J connectivity index is 2.68. The topological polar surface area (TPSA) is 21.3 Å². The van der Waals surface area contributed by atoms with Gasteiger partial charge in [-0.3, -0.25) is 0 Å². The number of rotatable bonds is 7. The Bertz CT molecular complexity index is 368. The Kier molecular flexibility index (Phi) is 6.51. The summed E-state index contributed by atoms with van der Waals surface area (Å²) in [6, 6.07) is 5.83. The largest absolute Gasteiger partial charge is 0.496 e. The molecule has 2 nitrogen and oxygen atoms in total. The molecule has 1 aromatic rings. The first-order chi connectivity index (χ1) is 8.58. The van der Waals surface area contributed by atoms with Crippen LogP contribution in [0.1, 0.15) is 26.3 Å². The molecule has 102 valence electrons. The highest BCUT2D eigenvalue weighted by Crippen LogP contribution is 2.27. The van der Waals surface area contributed by atoms with Crippen LogP contribution in [0.25, 0.3) is 0 Å². The standard InChI is InChI=1S/C15H24ClNO/c1-5-17-10-12(3)11(2)8-13-9-14(16)6-7-15(13)18-4/h6-7,9,11-12,17H,5,8,10H2,1-4H3. The summed E-state index contributed by atoms with van der Waals surface area (Å²) in [4.78, 5) is 0. The van der Waals surface area contributed by atoms with Gasteiger partial charge in [0.25, 0.3) is 0 Å². The summed E-state index contributed by atoms with van der Waals surface area (Å²) in [6.07, 6.45) is 0.996. The molecule has 1 rings (SSSR count). The van der Waals surface area contributed by atoms with Crippen molar-refractivity contribution in [1.82, 2.24) is 5.32 Å². The van der Waals surface area contributed by atoms with Crippen molar-refractivity contribution in [3.05, 3.63) is 28.8 Å². The predicted molar refractivity (Wildman–Crippen MR) is 78.6 cm³/mol. The quantitative estimate of drug-likeness (QED) is 0.814. The van der Waals surface area contributed by atoms with E-state index in [2.05, 4.69) is 26.1 Å². The van der Waals surface area contributed by atoms with Gasteiger partial charge in [0.1, 0.15) is 5.75 Å². The molecule has 0 aliphatic heterocycles. The van der Waals surface area contributed by atoms with E-state index in [1.165, 1.54) is 5.56 Å². The number of hydrogen-bond donors (Lipinski definition) is 1. The van der Waals surface area contributed by atoms with Gasteiger partial charge in [0, 0.05) is 5.02 Å². The second-order valence-electron chi connectivity index (χ2n) is 4.92. The van der Waals surface area contributed by atoms with Crippen molar-refractivity contribution < 1.29 is 4.74 Å². The summed E-state index contributed by atoms with van der Waals surface area (Å²) in [6.45, 7) is 8.78. The Hall–Kier alpha value is -0.730. The summed E-state index contributed by atoms with van der Waals surface area (Å²) in [7, 11) is 1.71. The van der Waals surface area contributed by atoms with E-state index in [0.717, 1.165) is 30.3 Å². The molecule has 0 aliphatic rings. The number of benzene rings is 1. The molecule has 1 N–H and O–H groups in total. The van der Waals surface area contributed by atoms with E-state index < -0.39 is 0 Å². The number of hydrogen-bond acceptors (Lipinski definition) is 2. The molecule has 1 aromatic carbocycles. The van der Waals surface area contributed by atoms with Gasteiger partial charge in [-0.15, -0.1) is 0 Å². The molecule has 3 heteroatoms. The lowest BCUT2D eigenvalue weighted by Gasteiger charge is -2.21. The van der Waals surface area contributed by atoms with Gasteiger partial charge in [-0.1, -0.05) is 32.4 Å². The summed E-state index contributed by atoms with van der Waals surface area (Å²) in [5, 5.41) is 4.17. The fourth-order valence-corrected chi connectivity index (χ4v) is 2.22. The lowest BCUT2D eigenvalue weighted by atomic mass is 9.89. The molecule has 0 heterocycles. The molecule has 0 fully saturated rings. The van der Waals surface area contributed by atoms with Crippen LogP contribution < -0.4 is 10.1 Å². The monoisotopic (exact) mass is 269 g/mol. The number of halogens is 1. The third kappa shape index (κ3) is 4.51. The predicted octanol–water partition coefficient (Wildman–Crippen LogP) is 3.77. The highest BCUT2D eigenvalue weighted by atomic mass is 35.5. The summed E-state index contributed by atoms with van der Waals surface area (Å²) in [5.74, 6) is 2.16. The Morgan fingerprint density at radius 3 is 2.61 bits per heavy atom. The second-order valence-corrected chi connectivity index (χ2v) is 5.36. The fourth-order valence-electron chi connectivity index (χ4n) is 2.03.